The normalized spacial score (nSPS) is 20.6. The van der Waals surface area contributed by atoms with Gasteiger partial charge in [0.15, 0.2) is 0 Å². The Morgan fingerprint density at radius 2 is 2.00 bits per heavy atom. The van der Waals surface area contributed by atoms with Gasteiger partial charge in [-0.2, -0.15) is 0 Å². The zero-order chi connectivity index (χ0) is 11.6. The summed E-state index contributed by atoms with van der Waals surface area (Å²) in [7, 11) is 0. The van der Waals surface area contributed by atoms with Gasteiger partial charge in [-0.3, -0.25) is 0 Å². The summed E-state index contributed by atoms with van der Waals surface area (Å²) >= 11 is 0. The predicted octanol–water partition coefficient (Wildman–Crippen LogP) is 1.22. The van der Waals surface area contributed by atoms with Crippen LogP contribution < -0.4 is 10.2 Å². The predicted molar refractivity (Wildman–Crippen MR) is 65.6 cm³/mol. The Hall–Kier alpha value is -1.16. The second-order valence-corrected chi connectivity index (χ2v) is 5.32. The van der Waals surface area contributed by atoms with Crippen LogP contribution in [0.1, 0.15) is 19.4 Å². The zero-order valence-corrected chi connectivity index (χ0v) is 10.3. The molecule has 2 heterocycles. The third-order valence-electron chi connectivity index (χ3n) is 2.83. The summed E-state index contributed by atoms with van der Waals surface area (Å²) in [6.45, 7) is 10.6. The number of aryl methyl sites for hydroxylation is 1. The first kappa shape index (κ1) is 11.3. The van der Waals surface area contributed by atoms with Crippen molar-refractivity contribution in [2.45, 2.75) is 20.8 Å². The van der Waals surface area contributed by atoms with Crippen molar-refractivity contribution in [3.8, 4) is 0 Å². The van der Waals surface area contributed by atoms with Crippen molar-refractivity contribution in [3.05, 3.63) is 18.0 Å². The third-order valence-corrected chi connectivity index (χ3v) is 2.83. The monoisotopic (exact) mass is 220 g/mol. The molecule has 1 saturated heterocycles. The highest BCUT2D eigenvalue weighted by atomic mass is 15.3. The molecule has 1 aromatic heterocycles. The molecule has 1 aliphatic rings. The van der Waals surface area contributed by atoms with Crippen LogP contribution in [0.4, 0.5) is 5.95 Å². The molecule has 0 bridgehead atoms. The van der Waals surface area contributed by atoms with Crippen molar-refractivity contribution in [1.29, 1.82) is 0 Å². The van der Waals surface area contributed by atoms with Crippen molar-refractivity contribution < 1.29 is 0 Å². The van der Waals surface area contributed by atoms with Crippen LogP contribution in [0.3, 0.4) is 0 Å². The van der Waals surface area contributed by atoms with E-state index >= 15 is 0 Å². The molecule has 4 nitrogen and oxygen atoms in total. The van der Waals surface area contributed by atoms with Crippen LogP contribution in [0, 0.1) is 12.3 Å². The molecule has 0 aromatic carbocycles. The van der Waals surface area contributed by atoms with E-state index in [1.165, 1.54) is 0 Å². The van der Waals surface area contributed by atoms with Crippen molar-refractivity contribution in [2.24, 2.45) is 5.41 Å². The first-order chi connectivity index (χ1) is 7.57. The molecule has 2 rings (SSSR count). The molecule has 0 radical (unpaired) electrons. The van der Waals surface area contributed by atoms with Crippen LogP contribution in [0.2, 0.25) is 0 Å². The molecular formula is C12H20N4. The van der Waals surface area contributed by atoms with Gasteiger partial charge in [-0.15, -0.1) is 0 Å². The largest absolute Gasteiger partial charge is 0.339 e. The lowest BCUT2D eigenvalue weighted by molar-refractivity contribution is 0.369. The molecule has 0 aliphatic carbocycles. The van der Waals surface area contributed by atoms with Crippen LogP contribution in [-0.4, -0.2) is 36.1 Å². The van der Waals surface area contributed by atoms with E-state index < -0.39 is 0 Å². The number of hydrogen-bond acceptors (Lipinski definition) is 4. The van der Waals surface area contributed by atoms with Gasteiger partial charge in [-0.25, -0.2) is 9.97 Å². The van der Waals surface area contributed by atoms with Gasteiger partial charge < -0.3 is 10.2 Å². The number of nitrogens with one attached hydrogen (secondary N) is 1. The number of hydrogen-bond donors (Lipinski definition) is 1. The van der Waals surface area contributed by atoms with Crippen molar-refractivity contribution in [3.63, 3.8) is 0 Å². The highest BCUT2D eigenvalue weighted by Gasteiger charge is 2.25. The fourth-order valence-electron chi connectivity index (χ4n) is 2.01. The van der Waals surface area contributed by atoms with E-state index in [9.17, 15) is 0 Å². The molecule has 0 saturated carbocycles. The van der Waals surface area contributed by atoms with Crippen molar-refractivity contribution in [2.75, 3.05) is 31.1 Å². The minimum atomic E-state index is 0.269. The average molecular weight is 220 g/mol. The lowest BCUT2D eigenvalue weighted by Gasteiger charge is -2.28. The van der Waals surface area contributed by atoms with Crippen LogP contribution >= 0.6 is 0 Å². The van der Waals surface area contributed by atoms with E-state index in [1.807, 2.05) is 19.3 Å². The summed E-state index contributed by atoms with van der Waals surface area (Å²) in [6, 6.07) is 0. The summed E-state index contributed by atoms with van der Waals surface area (Å²) in [5.74, 6) is 0.849. The maximum Gasteiger partial charge on any atom is 0.225 e. The fraction of sp³-hybridized carbons (Fsp3) is 0.667. The van der Waals surface area contributed by atoms with Gasteiger partial charge in [-0.05, 0) is 17.9 Å². The molecule has 4 heteroatoms. The van der Waals surface area contributed by atoms with Gasteiger partial charge in [0.1, 0.15) is 0 Å². The molecule has 1 fully saturated rings. The molecule has 88 valence electrons. The number of anilines is 1. The topological polar surface area (TPSA) is 41.1 Å². The maximum absolute atomic E-state index is 4.40. The second kappa shape index (κ2) is 4.37. The van der Waals surface area contributed by atoms with Gasteiger partial charge in [0.05, 0.1) is 0 Å². The Balaban J connectivity index is 2.16. The Morgan fingerprint density at radius 3 is 2.69 bits per heavy atom. The van der Waals surface area contributed by atoms with Gasteiger partial charge in [-0.1, -0.05) is 13.8 Å². The molecule has 1 aliphatic heterocycles. The third kappa shape index (κ3) is 2.70. The molecule has 1 aromatic rings. The van der Waals surface area contributed by atoms with Crippen LogP contribution in [0.15, 0.2) is 12.4 Å². The maximum atomic E-state index is 4.40. The average Bonchev–Trinajstić information content (AvgIpc) is 2.40. The lowest BCUT2D eigenvalue weighted by atomic mass is 9.93. The van der Waals surface area contributed by atoms with E-state index in [4.69, 9.17) is 0 Å². The Labute approximate surface area is 97.1 Å². The smallest absolute Gasteiger partial charge is 0.225 e. The van der Waals surface area contributed by atoms with Crippen molar-refractivity contribution in [1.82, 2.24) is 15.3 Å². The van der Waals surface area contributed by atoms with E-state index in [0.717, 1.165) is 37.7 Å². The van der Waals surface area contributed by atoms with E-state index in [2.05, 4.69) is 34.0 Å². The van der Waals surface area contributed by atoms with E-state index in [0.29, 0.717) is 0 Å². The molecule has 0 unspecified atom stereocenters. The summed E-state index contributed by atoms with van der Waals surface area (Å²) in [5, 5.41) is 3.45. The SMILES string of the molecule is Cc1cnc(N2CCNCC(C)(C)C2)nc1. The molecular weight excluding hydrogens is 200 g/mol. The standard InChI is InChI=1S/C12H20N4/c1-10-6-14-11(15-7-10)16-5-4-13-8-12(2,3)9-16/h6-7,13H,4-5,8-9H2,1-3H3. The van der Waals surface area contributed by atoms with Gasteiger partial charge in [0.25, 0.3) is 0 Å². The molecule has 16 heavy (non-hydrogen) atoms. The first-order valence-electron chi connectivity index (χ1n) is 5.81. The van der Waals surface area contributed by atoms with Gasteiger partial charge >= 0.3 is 0 Å². The van der Waals surface area contributed by atoms with Gasteiger partial charge in [0.2, 0.25) is 5.95 Å². The fourth-order valence-corrected chi connectivity index (χ4v) is 2.01. The molecule has 1 N–H and O–H groups in total. The molecule has 0 spiro atoms. The minimum Gasteiger partial charge on any atom is -0.339 e. The Bertz CT molecular complexity index is 345. The summed E-state index contributed by atoms with van der Waals surface area (Å²) in [6.07, 6.45) is 3.77. The van der Waals surface area contributed by atoms with Gasteiger partial charge in [0, 0.05) is 38.6 Å². The Morgan fingerprint density at radius 1 is 1.31 bits per heavy atom. The lowest BCUT2D eigenvalue weighted by Crippen LogP contribution is -2.36. The number of rotatable bonds is 1. The number of nitrogens with zero attached hydrogens (tertiary/aromatic N) is 3. The quantitative estimate of drug-likeness (QED) is 0.772. The zero-order valence-electron chi connectivity index (χ0n) is 10.3. The summed E-state index contributed by atoms with van der Waals surface area (Å²) < 4.78 is 0. The van der Waals surface area contributed by atoms with Crippen LogP contribution in [0.5, 0.6) is 0 Å². The first-order valence-corrected chi connectivity index (χ1v) is 5.81. The van der Waals surface area contributed by atoms with Crippen LogP contribution in [-0.2, 0) is 0 Å². The summed E-state index contributed by atoms with van der Waals surface area (Å²) in [4.78, 5) is 11.1. The van der Waals surface area contributed by atoms with E-state index in [-0.39, 0.29) is 5.41 Å². The Kier molecular flexibility index (Phi) is 3.10. The molecule has 0 amide bonds. The van der Waals surface area contributed by atoms with Crippen LogP contribution in [0.25, 0.3) is 0 Å². The molecule has 0 atom stereocenters. The highest BCUT2D eigenvalue weighted by Crippen LogP contribution is 2.20. The summed E-state index contributed by atoms with van der Waals surface area (Å²) in [5.41, 5.74) is 1.38. The second-order valence-electron chi connectivity index (χ2n) is 5.32. The van der Waals surface area contributed by atoms with Crippen molar-refractivity contribution >= 4 is 5.95 Å². The number of aromatic nitrogens is 2. The minimum absolute atomic E-state index is 0.269. The highest BCUT2D eigenvalue weighted by molar-refractivity contribution is 5.30. The van der Waals surface area contributed by atoms with E-state index in [1.54, 1.807) is 0 Å².